The number of esters is 1. The van der Waals surface area contributed by atoms with Crippen molar-refractivity contribution in [2.75, 3.05) is 13.7 Å². The minimum atomic E-state index is -0.204. The molecule has 0 heterocycles. The summed E-state index contributed by atoms with van der Waals surface area (Å²) < 4.78 is 4.62. The maximum absolute atomic E-state index is 11.1. The van der Waals surface area contributed by atoms with Crippen molar-refractivity contribution in [2.24, 2.45) is 0 Å². The Hall–Kier alpha value is -1.08. The SMILES string of the molecule is COC(=O)CC(C)N(CCC#N)C(C)C. The summed E-state index contributed by atoms with van der Waals surface area (Å²) >= 11 is 0. The molecule has 0 aliphatic rings. The molecule has 0 aliphatic carbocycles. The minimum absolute atomic E-state index is 0.116. The van der Waals surface area contributed by atoms with Crippen molar-refractivity contribution in [3.8, 4) is 6.07 Å². The number of nitriles is 1. The third kappa shape index (κ3) is 5.38. The zero-order chi connectivity index (χ0) is 11.8. The number of carbonyl (C=O) groups is 1. The van der Waals surface area contributed by atoms with Crippen LogP contribution < -0.4 is 0 Å². The van der Waals surface area contributed by atoms with E-state index in [-0.39, 0.29) is 12.0 Å². The van der Waals surface area contributed by atoms with E-state index in [0.717, 1.165) is 0 Å². The van der Waals surface area contributed by atoms with Gasteiger partial charge in [0.1, 0.15) is 0 Å². The number of rotatable bonds is 6. The van der Waals surface area contributed by atoms with E-state index >= 15 is 0 Å². The highest BCUT2D eigenvalue weighted by Crippen LogP contribution is 2.10. The maximum Gasteiger partial charge on any atom is 0.307 e. The zero-order valence-corrected chi connectivity index (χ0v) is 9.99. The topological polar surface area (TPSA) is 53.3 Å². The van der Waals surface area contributed by atoms with E-state index in [1.54, 1.807) is 0 Å². The lowest BCUT2D eigenvalue weighted by atomic mass is 10.1. The van der Waals surface area contributed by atoms with Gasteiger partial charge in [-0.3, -0.25) is 9.69 Å². The Balaban J connectivity index is 4.23. The number of hydrogen-bond acceptors (Lipinski definition) is 4. The molecule has 15 heavy (non-hydrogen) atoms. The Morgan fingerprint density at radius 3 is 2.47 bits per heavy atom. The van der Waals surface area contributed by atoms with Crippen LogP contribution in [0.15, 0.2) is 0 Å². The lowest BCUT2D eigenvalue weighted by Gasteiger charge is -2.31. The van der Waals surface area contributed by atoms with Crippen molar-refractivity contribution >= 4 is 5.97 Å². The van der Waals surface area contributed by atoms with Crippen LogP contribution in [0.2, 0.25) is 0 Å². The Labute approximate surface area is 91.8 Å². The molecule has 1 atom stereocenters. The first-order valence-electron chi connectivity index (χ1n) is 5.22. The molecule has 0 aliphatic heterocycles. The summed E-state index contributed by atoms with van der Waals surface area (Å²) in [6.07, 6.45) is 0.865. The number of hydrogen-bond donors (Lipinski definition) is 0. The summed E-state index contributed by atoms with van der Waals surface area (Å²) in [7, 11) is 1.39. The molecular weight excluding hydrogens is 192 g/mol. The summed E-state index contributed by atoms with van der Waals surface area (Å²) in [5, 5.41) is 8.54. The van der Waals surface area contributed by atoms with Crippen LogP contribution in [0.5, 0.6) is 0 Å². The van der Waals surface area contributed by atoms with Gasteiger partial charge in [-0.25, -0.2) is 0 Å². The highest BCUT2D eigenvalue weighted by atomic mass is 16.5. The second kappa shape index (κ2) is 7.24. The van der Waals surface area contributed by atoms with Gasteiger partial charge in [-0.15, -0.1) is 0 Å². The number of nitrogens with zero attached hydrogens (tertiary/aromatic N) is 2. The Bertz CT molecular complexity index is 233. The monoisotopic (exact) mass is 212 g/mol. The van der Waals surface area contributed by atoms with Gasteiger partial charge in [-0.1, -0.05) is 0 Å². The van der Waals surface area contributed by atoms with Gasteiger partial charge < -0.3 is 4.74 Å². The fraction of sp³-hybridized carbons (Fsp3) is 0.818. The third-order valence-electron chi connectivity index (χ3n) is 2.40. The number of carbonyl (C=O) groups excluding carboxylic acids is 1. The minimum Gasteiger partial charge on any atom is -0.469 e. The standard InChI is InChI=1S/C11H20N2O2/c1-9(2)13(7-5-6-12)10(3)8-11(14)15-4/h9-10H,5,7-8H2,1-4H3. The maximum atomic E-state index is 11.1. The first-order valence-corrected chi connectivity index (χ1v) is 5.22. The molecule has 0 spiro atoms. The van der Waals surface area contributed by atoms with E-state index in [1.807, 2.05) is 6.92 Å². The average Bonchev–Trinajstić information content (AvgIpc) is 2.17. The van der Waals surface area contributed by atoms with Gasteiger partial charge in [-0.2, -0.15) is 5.26 Å². The molecule has 0 radical (unpaired) electrons. The van der Waals surface area contributed by atoms with Crippen molar-refractivity contribution in [1.82, 2.24) is 4.90 Å². The highest BCUT2D eigenvalue weighted by Gasteiger charge is 2.19. The Kier molecular flexibility index (Phi) is 6.72. The zero-order valence-electron chi connectivity index (χ0n) is 9.99. The van der Waals surface area contributed by atoms with Crippen LogP contribution in [-0.4, -0.2) is 36.6 Å². The lowest BCUT2D eigenvalue weighted by molar-refractivity contribution is -0.142. The van der Waals surface area contributed by atoms with Gasteiger partial charge in [0.05, 0.1) is 19.6 Å². The van der Waals surface area contributed by atoms with Crippen LogP contribution in [0.1, 0.15) is 33.6 Å². The predicted octanol–water partition coefficient (Wildman–Crippen LogP) is 1.56. The Morgan fingerprint density at radius 2 is 2.07 bits per heavy atom. The summed E-state index contributed by atoms with van der Waals surface area (Å²) in [6, 6.07) is 2.57. The molecule has 0 saturated carbocycles. The highest BCUT2D eigenvalue weighted by molar-refractivity contribution is 5.69. The van der Waals surface area contributed by atoms with E-state index in [4.69, 9.17) is 5.26 Å². The van der Waals surface area contributed by atoms with Gasteiger partial charge in [-0.05, 0) is 20.8 Å². The van der Waals surface area contributed by atoms with Gasteiger partial charge in [0.15, 0.2) is 0 Å². The first-order chi connectivity index (χ1) is 7.02. The number of methoxy groups -OCH3 is 1. The summed E-state index contributed by atoms with van der Waals surface area (Å²) in [5.74, 6) is -0.204. The van der Waals surface area contributed by atoms with E-state index in [9.17, 15) is 4.79 Å². The van der Waals surface area contributed by atoms with E-state index in [0.29, 0.717) is 25.4 Å². The summed E-state index contributed by atoms with van der Waals surface area (Å²) in [4.78, 5) is 13.2. The molecule has 0 aromatic heterocycles. The van der Waals surface area contributed by atoms with Crippen LogP contribution in [0.4, 0.5) is 0 Å². The largest absolute Gasteiger partial charge is 0.469 e. The lowest BCUT2D eigenvalue weighted by Crippen LogP contribution is -2.40. The van der Waals surface area contributed by atoms with Crippen molar-refractivity contribution < 1.29 is 9.53 Å². The first kappa shape index (κ1) is 13.9. The van der Waals surface area contributed by atoms with Crippen LogP contribution in [-0.2, 0) is 9.53 Å². The second-order valence-corrected chi connectivity index (χ2v) is 3.87. The van der Waals surface area contributed by atoms with Gasteiger partial charge in [0, 0.05) is 25.0 Å². The molecule has 0 bridgehead atoms. The molecule has 4 heteroatoms. The van der Waals surface area contributed by atoms with Crippen molar-refractivity contribution in [3.63, 3.8) is 0 Å². The molecule has 0 fully saturated rings. The normalized spacial score (nSPS) is 12.6. The van der Waals surface area contributed by atoms with Gasteiger partial charge in [0.25, 0.3) is 0 Å². The molecule has 4 nitrogen and oxygen atoms in total. The van der Waals surface area contributed by atoms with Gasteiger partial charge in [0.2, 0.25) is 0 Å². The van der Waals surface area contributed by atoms with Gasteiger partial charge >= 0.3 is 5.97 Å². The second-order valence-electron chi connectivity index (χ2n) is 3.87. The average molecular weight is 212 g/mol. The third-order valence-corrected chi connectivity index (χ3v) is 2.40. The molecule has 86 valence electrons. The van der Waals surface area contributed by atoms with Crippen molar-refractivity contribution in [2.45, 2.75) is 45.7 Å². The van der Waals surface area contributed by atoms with Crippen molar-refractivity contribution in [3.05, 3.63) is 0 Å². The molecule has 0 aromatic rings. The van der Waals surface area contributed by atoms with Crippen LogP contribution in [0.3, 0.4) is 0 Å². The van der Waals surface area contributed by atoms with Crippen molar-refractivity contribution in [1.29, 1.82) is 5.26 Å². The molecule has 0 N–H and O–H groups in total. The van der Waals surface area contributed by atoms with E-state index < -0.39 is 0 Å². The number of ether oxygens (including phenoxy) is 1. The Morgan fingerprint density at radius 1 is 1.47 bits per heavy atom. The molecule has 0 rings (SSSR count). The summed E-state index contributed by atoms with van der Waals surface area (Å²) in [5.41, 5.74) is 0. The van der Waals surface area contributed by atoms with Crippen LogP contribution >= 0.6 is 0 Å². The predicted molar refractivity (Wildman–Crippen MR) is 58.2 cm³/mol. The molecule has 0 saturated heterocycles. The molecule has 0 aromatic carbocycles. The fourth-order valence-corrected chi connectivity index (χ4v) is 1.61. The van der Waals surface area contributed by atoms with Crippen LogP contribution in [0.25, 0.3) is 0 Å². The van der Waals surface area contributed by atoms with E-state index in [1.165, 1.54) is 7.11 Å². The molecule has 0 amide bonds. The molecular formula is C11H20N2O2. The molecule has 1 unspecified atom stereocenters. The smallest absolute Gasteiger partial charge is 0.307 e. The fourth-order valence-electron chi connectivity index (χ4n) is 1.61. The van der Waals surface area contributed by atoms with Crippen LogP contribution in [0, 0.1) is 11.3 Å². The summed E-state index contributed by atoms with van der Waals surface area (Å²) in [6.45, 7) is 6.80. The van der Waals surface area contributed by atoms with E-state index in [2.05, 4.69) is 29.6 Å². The quantitative estimate of drug-likeness (QED) is 0.627.